The van der Waals surface area contributed by atoms with E-state index in [1.54, 1.807) is 20.8 Å². The molecule has 0 aromatic rings. The number of aliphatic carboxylic acids is 1. The number of aliphatic hydroxyl groups is 1. The maximum Gasteiger partial charge on any atom is 0.408 e. The van der Waals surface area contributed by atoms with E-state index in [4.69, 9.17) is 4.74 Å². The molecule has 10 heteroatoms. The van der Waals surface area contributed by atoms with E-state index in [1.807, 2.05) is 0 Å². The van der Waals surface area contributed by atoms with Gasteiger partial charge in [0.2, 0.25) is 11.8 Å². The summed E-state index contributed by atoms with van der Waals surface area (Å²) in [7, 11) is 0. The van der Waals surface area contributed by atoms with Crippen molar-refractivity contribution >= 4 is 23.9 Å². The molecule has 0 aromatic carbocycles. The van der Waals surface area contributed by atoms with Gasteiger partial charge in [-0.25, -0.2) is 9.59 Å². The topological polar surface area (TPSA) is 145 Å². The number of likely N-dealkylation sites (tertiary alicyclic amines) is 1. The molecule has 196 valence electrons. The zero-order chi connectivity index (χ0) is 26.3. The van der Waals surface area contributed by atoms with Gasteiger partial charge >= 0.3 is 12.1 Å². The summed E-state index contributed by atoms with van der Waals surface area (Å²) in [6, 6.07) is -2.07. The van der Waals surface area contributed by atoms with Crippen molar-refractivity contribution < 1.29 is 34.1 Å². The Bertz CT molecular complexity index is 875. The van der Waals surface area contributed by atoms with Crippen molar-refractivity contribution in [3.63, 3.8) is 0 Å². The van der Waals surface area contributed by atoms with Crippen LogP contribution in [0.3, 0.4) is 0 Å². The minimum absolute atomic E-state index is 0.0226. The molecule has 1 heterocycles. The molecule has 1 aliphatic heterocycles. The Kier molecular flexibility index (Phi) is 7.55. The van der Waals surface area contributed by atoms with Crippen LogP contribution in [-0.4, -0.2) is 75.4 Å². The Hall–Kier alpha value is -2.62. The highest BCUT2D eigenvalue weighted by Crippen LogP contribution is 2.45. The zero-order valence-corrected chi connectivity index (χ0v) is 21.2. The molecule has 3 fully saturated rings. The van der Waals surface area contributed by atoms with Crippen LogP contribution in [0.2, 0.25) is 0 Å². The van der Waals surface area contributed by atoms with Crippen LogP contribution in [0.15, 0.2) is 12.7 Å². The summed E-state index contributed by atoms with van der Waals surface area (Å²) in [5.41, 5.74) is -2.16. The first-order chi connectivity index (χ1) is 16.2. The number of hydrogen-bond donors (Lipinski definition) is 4. The third-order valence-electron chi connectivity index (χ3n) is 7.78. The van der Waals surface area contributed by atoms with Crippen LogP contribution in [0.25, 0.3) is 0 Å². The first-order valence-electron chi connectivity index (χ1n) is 12.3. The molecule has 35 heavy (non-hydrogen) atoms. The van der Waals surface area contributed by atoms with Gasteiger partial charge in [0.05, 0.1) is 6.10 Å². The van der Waals surface area contributed by atoms with E-state index in [9.17, 15) is 29.4 Å². The van der Waals surface area contributed by atoms with Crippen LogP contribution in [0.5, 0.6) is 0 Å². The Morgan fingerprint density at radius 3 is 2.23 bits per heavy atom. The SMILES string of the molecule is C=C[C@@H]1C[C@]1(NC(=O)[C@@H]1C[C@@H](O)CN1C(=O)[C@@H](NC(=O)OC1C[C@@H](C)[C@@H](C)C1)C(C)(C)C)C(=O)O. The van der Waals surface area contributed by atoms with Crippen molar-refractivity contribution in [2.24, 2.45) is 23.2 Å². The van der Waals surface area contributed by atoms with Crippen molar-refractivity contribution in [1.82, 2.24) is 15.5 Å². The molecule has 2 aliphatic carbocycles. The number of ether oxygens (including phenoxy) is 1. The normalized spacial score (nSPS) is 35.2. The number of carboxylic acid groups (broad SMARTS) is 1. The number of carbonyl (C=O) groups is 4. The molecule has 0 bridgehead atoms. The predicted molar refractivity (Wildman–Crippen MR) is 127 cm³/mol. The Balaban J connectivity index is 1.72. The maximum absolute atomic E-state index is 13.6. The average Bonchev–Trinajstić information content (AvgIpc) is 3.18. The molecule has 8 atom stereocenters. The van der Waals surface area contributed by atoms with Gasteiger partial charge < -0.3 is 30.5 Å². The van der Waals surface area contributed by atoms with Crippen LogP contribution >= 0.6 is 0 Å². The van der Waals surface area contributed by atoms with Gasteiger partial charge in [0, 0.05) is 18.9 Å². The van der Waals surface area contributed by atoms with Crippen LogP contribution in [0.4, 0.5) is 4.79 Å². The van der Waals surface area contributed by atoms with Gasteiger partial charge in [-0.2, -0.15) is 0 Å². The fourth-order valence-corrected chi connectivity index (χ4v) is 5.23. The number of β-amino-alcohol motifs (C(OH)–C–C–N with tert-alkyl or cyclic N) is 1. The van der Waals surface area contributed by atoms with E-state index in [0.29, 0.717) is 11.8 Å². The molecule has 0 radical (unpaired) electrons. The van der Waals surface area contributed by atoms with Crippen LogP contribution in [0.1, 0.15) is 60.3 Å². The van der Waals surface area contributed by atoms with Gasteiger partial charge in [0.15, 0.2) is 0 Å². The zero-order valence-electron chi connectivity index (χ0n) is 21.2. The highest BCUT2D eigenvalue weighted by Gasteiger charge is 2.61. The summed E-state index contributed by atoms with van der Waals surface area (Å²) in [5.74, 6) is -1.86. The lowest BCUT2D eigenvalue weighted by atomic mass is 9.85. The number of alkyl carbamates (subject to hydrolysis) is 1. The standard InChI is InChI=1S/C25H39N3O7/c1-7-15-11-25(15,22(32)33)27-20(30)18-10-16(29)12-28(18)21(31)19(24(4,5)6)26-23(34)35-17-8-13(2)14(3)9-17/h7,13-19,29H,1,8-12H2,2-6H3,(H,26,34)(H,27,30)(H,32,33)/t13-,14+,15-,16-,17?,18+,19-,25-/m1/s1. The van der Waals surface area contributed by atoms with Gasteiger partial charge in [-0.15, -0.1) is 6.58 Å². The third-order valence-corrected chi connectivity index (χ3v) is 7.78. The lowest BCUT2D eigenvalue weighted by Crippen LogP contribution is -2.59. The second-order valence-corrected chi connectivity index (χ2v) is 11.6. The molecule has 0 aromatic heterocycles. The van der Waals surface area contributed by atoms with E-state index in [2.05, 4.69) is 31.1 Å². The minimum Gasteiger partial charge on any atom is -0.479 e. The third kappa shape index (κ3) is 5.63. The van der Waals surface area contributed by atoms with E-state index in [-0.39, 0.29) is 25.5 Å². The average molecular weight is 494 g/mol. The van der Waals surface area contributed by atoms with Gasteiger partial charge in [0.1, 0.15) is 23.7 Å². The fourth-order valence-electron chi connectivity index (χ4n) is 5.23. The second kappa shape index (κ2) is 9.79. The number of carbonyl (C=O) groups excluding carboxylic acids is 3. The molecule has 3 amide bonds. The first-order valence-corrected chi connectivity index (χ1v) is 12.3. The molecule has 3 aliphatic rings. The fraction of sp³-hybridized carbons (Fsp3) is 0.760. The van der Waals surface area contributed by atoms with E-state index >= 15 is 0 Å². The van der Waals surface area contributed by atoms with Gasteiger partial charge in [-0.3, -0.25) is 9.59 Å². The lowest BCUT2D eigenvalue weighted by molar-refractivity contribution is -0.146. The monoisotopic (exact) mass is 493 g/mol. The molecule has 1 saturated heterocycles. The predicted octanol–water partition coefficient (Wildman–Crippen LogP) is 1.67. The van der Waals surface area contributed by atoms with Crippen LogP contribution < -0.4 is 10.6 Å². The highest BCUT2D eigenvalue weighted by molar-refractivity contribution is 5.96. The van der Waals surface area contributed by atoms with Crippen molar-refractivity contribution in [2.75, 3.05) is 6.54 Å². The van der Waals surface area contributed by atoms with Gasteiger partial charge in [-0.05, 0) is 36.5 Å². The number of rotatable bonds is 7. The molecular formula is C25H39N3O7. The molecule has 1 unspecified atom stereocenters. The molecular weight excluding hydrogens is 454 g/mol. The minimum atomic E-state index is -1.44. The van der Waals surface area contributed by atoms with E-state index in [1.165, 1.54) is 11.0 Å². The largest absolute Gasteiger partial charge is 0.479 e. The summed E-state index contributed by atoms with van der Waals surface area (Å²) in [6.07, 6.45) is 1.35. The first kappa shape index (κ1) is 27.0. The molecule has 10 nitrogen and oxygen atoms in total. The van der Waals surface area contributed by atoms with Crippen molar-refractivity contribution in [2.45, 2.75) is 90.1 Å². The van der Waals surface area contributed by atoms with Crippen molar-refractivity contribution in [3.05, 3.63) is 12.7 Å². The number of nitrogens with zero attached hydrogens (tertiary/aromatic N) is 1. The Labute approximate surface area is 206 Å². The Morgan fingerprint density at radius 2 is 1.74 bits per heavy atom. The summed E-state index contributed by atoms with van der Waals surface area (Å²) in [4.78, 5) is 52.4. The van der Waals surface area contributed by atoms with Gasteiger partial charge in [-0.1, -0.05) is 40.7 Å². The number of aliphatic hydroxyl groups excluding tert-OH is 1. The van der Waals surface area contributed by atoms with Crippen molar-refractivity contribution in [1.29, 1.82) is 0 Å². The lowest BCUT2D eigenvalue weighted by Gasteiger charge is -2.35. The van der Waals surface area contributed by atoms with Crippen molar-refractivity contribution in [3.8, 4) is 0 Å². The van der Waals surface area contributed by atoms with E-state index in [0.717, 1.165) is 12.8 Å². The Morgan fingerprint density at radius 1 is 1.14 bits per heavy atom. The highest BCUT2D eigenvalue weighted by atomic mass is 16.6. The smallest absolute Gasteiger partial charge is 0.408 e. The molecule has 4 N–H and O–H groups in total. The molecule has 0 spiro atoms. The number of nitrogens with one attached hydrogen (secondary N) is 2. The number of amides is 3. The molecule has 2 saturated carbocycles. The summed E-state index contributed by atoms with van der Waals surface area (Å²) >= 11 is 0. The summed E-state index contributed by atoms with van der Waals surface area (Å²) in [5, 5.41) is 25.1. The van der Waals surface area contributed by atoms with Crippen LogP contribution in [0, 0.1) is 23.2 Å². The van der Waals surface area contributed by atoms with Gasteiger partial charge in [0.25, 0.3) is 0 Å². The number of carboxylic acids is 1. The second-order valence-electron chi connectivity index (χ2n) is 11.6. The number of hydrogen-bond acceptors (Lipinski definition) is 6. The maximum atomic E-state index is 13.6. The van der Waals surface area contributed by atoms with Crippen LogP contribution in [-0.2, 0) is 19.1 Å². The van der Waals surface area contributed by atoms with E-state index < -0.39 is 58.9 Å². The summed E-state index contributed by atoms with van der Waals surface area (Å²) < 4.78 is 5.59. The summed E-state index contributed by atoms with van der Waals surface area (Å²) in [6.45, 7) is 13.1. The molecule has 3 rings (SSSR count). The quantitative estimate of drug-likeness (QED) is 0.395.